The molecule has 2 N–H and O–H groups in total. The summed E-state index contributed by atoms with van der Waals surface area (Å²) in [5.41, 5.74) is -0.618. The Bertz CT molecular complexity index is 1030. The van der Waals surface area contributed by atoms with Gasteiger partial charge in [-0.3, -0.25) is 9.36 Å². The number of rotatable bonds is 5. The third kappa shape index (κ3) is 3.71. The van der Waals surface area contributed by atoms with Crippen molar-refractivity contribution in [3.05, 3.63) is 73.3 Å². The van der Waals surface area contributed by atoms with E-state index >= 15 is 0 Å². The molecule has 130 valence electrons. The lowest BCUT2D eigenvalue weighted by atomic mass is 10.2. The fraction of sp³-hybridized carbons (Fsp3) is 0.176. The van der Waals surface area contributed by atoms with E-state index in [9.17, 15) is 14.7 Å². The molecule has 0 aliphatic heterocycles. The monoisotopic (exact) mass is 380 g/mol. The van der Waals surface area contributed by atoms with E-state index in [0.717, 1.165) is 4.57 Å². The second-order valence-corrected chi connectivity index (χ2v) is 6.19. The number of aliphatic hydroxyl groups is 1. The number of aliphatic hydroxyl groups excluding tert-OH is 1. The summed E-state index contributed by atoms with van der Waals surface area (Å²) in [4.78, 5) is 27.1. The van der Waals surface area contributed by atoms with Crippen molar-refractivity contribution in [3.63, 3.8) is 0 Å². The summed E-state index contributed by atoms with van der Waals surface area (Å²) < 4.78 is 6.37. The smallest absolute Gasteiger partial charge is 0.328 e. The van der Waals surface area contributed by atoms with Crippen molar-refractivity contribution in [1.82, 2.24) is 9.55 Å². The molecule has 0 fully saturated rings. The van der Waals surface area contributed by atoms with Crippen molar-refractivity contribution < 1.29 is 9.84 Å². The third-order valence-corrected chi connectivity index (χ3v) is 4.43. The first-order valence-electron chi connectivity index (χ1n) is 7.44. The Morgan fingerprint density at radius 2 is 1.88 bits per heavy atom. The van der Waals surface area contributed by atoms with Crippen LogP contribution in [0, 0.1) is 0 Å². The average Bonchev–Trinajstić information content (AvgIpc) is 2.60. The highest BCUT2D eigenvalue weighted by Gasteiger charge is 2.14. The quantitative estimate of drug-likeness (QED) is 0.711. The molecular formula is C17H14Cl2N2O4. The number of aromatic nitrogens is 2. The van der Waals surface area contributed by atoms with Crippen LogP contribution in [0.1, 0.15) is 0 Å². The molecular weight excluding hydrogens is 367 g/mol. The summed E-state index contributed by atoms with van der Waals surface area (Å²) in [7, 11) is 0. The van der Waals surface area contributed by atoms with Crippen LogP contribution in [-0.2, 0) is 6.54 Å². The lowest BCUT2D eigenvalue weighted by Gasteiger charge is -2.14. The van der Waals surface area contributed by atoms with Gasteiger partial charge in [0, 0.05) is 0 Å². The van der Waals surface area contributed by atoms with Gasteiger partial charge >= 0.3 is 5.69 Å². The SMILES string of the molecule is O=c1[nH]c2ccccc2c(=O)n1CC(O)COc1cccc(Cl)c1Cl. The van der Waals surface area contributed by atoms with Crippen LogP contribution in [0.4, 0.5) is 0 Å². The first-order chi connectivity index (χ1) is 12.0. The molecule has 0 saturated heterocycles. The predicted octanol–water partition coefficient (Wildman–Crippen LogP) is 2.44. The van der Waals surface area contributed by atoms with Gasteiger partial charge in [0.25, 0.3) is 5.56 Å². The highest BCUT2D eigenvalue weighted by molar-refractivity contribution is 6.42. The average molecular weight is 381 g/mol. The molecule has 1 unspecified atom stereocenters. The number of halogens is 2. The molecule has 0 bridgehead atoms. The van der Waals surface area contributed by atoms with Gasteiger partial charge in [0.15, 0.2) is 0 Å². The molecule has 3 aromatic rings. The predicted molar refractivity (Wildman–Crippen MR) is 96.8 cm³/mol. The highest BCUT2D eigenvalue weighted by atomic mass is 35.5. The van der Waals surface area contributed by atoms with Gasteiger partial charge in [-0.05, 0) is 24.3 Å². The Morgan fingerprint density at radius 1 is 1.12 bits per heavy atom. The number of aromatic amines is 1. The fourth-order valence-electron chi connectivity index (χ4n) is 2.41. The van der Waals surface area contributed by atoms with Gasteiger partial charge in [-0.1, -0.05) is 41.4 Å². The van der Waals surface area contributed by atoms with E-state index in [4.69, 9.17) is 27.9 Å². The zero-order valence-corrected chi connectivity index (χ0v) is 14.4. The summed E-state index contributed by atoms with van der Waals surface area (Å²) in [5, 5.41) is 11.1. The van der Waals surface area contributed by atoms with Crippen LogP contribution in [0.15, 0.2) is 52.1 Å². The van der Waals surface area contributed by atoms with E-state index in [1.165, 1.54) is 0 Å². The third-order valence-electron chi connectivity index (χ3n) is 3.63. The number of nitrogens with one attached hydrogen (secondary N) is 1. The Kier molecular flexibility index (Phi) is 5.13. The van der Waals surface area contributed by atoms with Crippen LogP contribution in [0.5, 0.6) is 5.75 Å². The second-order valence-electron chi connectivity index (χ2n) is 5.41. The number of para-hydroxylation sites is 1. The van der Waals surface area contributed by atoms with Gasteiger partial charge in [0.1, 0.15) is 23.5 Å². The Hall–Kier alpha value is -2.28. The summed E-state index contributed by atoms with van der Waals surface area (Å²) in [6, 6.07) is 11.6. The Balaban J connectivity index is 1.78. The second kappa shape index (κ2) is 7.31. The van der Waals surface area contributed by atoms with Gasteiger partial charge < -0.3 is 14.8 Å². The topological polar surface area (TPSA) is 84.3 Å². The maximum Gasteiger partial charge on any atom is 0.328 e. The highest BCUT2D eigenvalue weighted by Crippen LogP contribution is 2.31. The molecule has 1 heterocycles. The number of hydrogen-bond acceptors (Lipinski definition) is 4. The Morgan fingerprint density at radius 3 is 2.68 bits per heavy atom. The van der Waals surface area contributed by atoms with Gasteiger partial charge in [-0.15, -0.1) is 0 Å². The van der Waals surface area contributed by atoms with Crippen LogP contribution in [-0.4, -0.2) is 27.4 Å². The molecule has 6 nitrogen and oxygen atoms in total. The zero-order valence-electron chi connectivity index (χ0n) is 12.9. The zero-order chi connectivity index (χ0) is 18.0. The minimum absolute atomic E-state index is 0.154. The molecule has 1 atom stereocenters. The molecule has 25 heavy (non-hydrogen) atoms. The maximum atomic E-state index is 12.4. The van der Waals surface area contributed by atoms with E-state index in [2.05, 4.69) is 4.98 Å². The van der Waals surface area contributed by atoms with Crippen LogP contribution < -0.4 is 16.0 Å². The molecule has 3 rings (SSSR count). The van der Waals surface area contributed by atoms with Crippen LogP contribution >= 0.6 is 23.2 Å². The normalized spacial score (nSPS) is 12.3. The fourth-order valence-corrected chi connectivity index (χ4v) is 2.76. The summed E-state index contributed by atoms with van der Waals surface area (Å²) >= 11 is 11.9. The first-order valence-corrected chi connectivity index (χ1v) is 8.19. The van der Waals surface area contributed by atoms with E-state index in [1.54, 1.807) is 42.5 Å². The molecule has 0 aliphatic carbocycles. The van der Waals surface area contributed by atoms with Gasteiger partial charge in [-0.2, -0.15) is 0 Å². The van der Waals surface area contributed by atoms with Gasteiger partial charge in [0.05, 0.1) is 22.5 Å². The number of nitrogens with zero attached hydrogens (tertiary/aromatic N) is 1. The molecule has 0 spiro atoms. The minimum Gasteiger partial charge on any atom is -0.489 e. The lowest BCUT2D eigenvalue weighted by Crippen LogP contribution is -2.39. The maximum absolute atomic E-state index is 12.4. The van der Waals surface area contributed by atoms with Crippen molar-refractivity contribution in [2.45, 2.75) is 12.6 Å². The molecule has 0 radical (unpaired) electrons. The van der Waals surface area contributed by atoms with Crippen molar-refractivity contribution in [3.8, 4) is 5.75 Å². The number of fused-ring (bicyclic) bond motifs is 1. The number of ether oxygens (including phenoxy) is 1. The van der Waals surface area contributed by atoms with E-state index < -0.39 is 17.4 Å². The van der Waals surface area contributed by atoms with Crippen LogP contribution in [0.2, 0.25) is 10.0 Å². The molecule has 2 aromatic carbocycles. The van der Waals surface area contributed by atoms with Crippen molar-refractivity contribution in [1.29, 1.82) is 0 Å². The largest absolute Gasteiger partial charge is 0.489 e. The molecule has 1 aromatic heterocycles. The molecule has 0 amide bonds. The van der Waals surface area contributed by atoms with Crippen molar-refractivity contribution in [2.24, 2.45) is 0 Å². The van der Waals surface area contributed by atoms with Gasteiger partial charge in [0.2, 0.25) is 0 Å². The number of hydrogen-bond donors (Lipinski definition) is 2. The van der Waals surface area contributed by atoms with E-state index in [-0.39, 0.29) is 18.2 Å². The first kappa shape index (κ1) is 17.5. The standard InChI is InChI=1S/C17H14Cl2N2O4/c18-12-5-3-7-14(15(12)19)25-9-10(22)8-21-16(23)11-4-1-2-6-13(11)20-17(21)24/h1-7,10,22H,8-9H2,(H,20,24). The van der Waals surface area contributed by atoms with E-state index in [1.807, 2.05) is 0 Å². The number of H-pyrrole nitrogens is 1. The molecule has 0 aliphatic rings. The summed E-state index contributed by atoms with van der Waals surface area (Å²) in [6.45, 7) is -0.365. The molecule has 8 heteroatoms. The van der Waals surface area contributed by atoms with E-state index in [0.29, 0.717) is 21.7 Å². The van der Waals surface area contributed by atoms with Crippen LogP contribution in [0.3, 0.4) is 0 Å². The van der Waals surface area contributed by atoms with Gasteiger partial charge in [-0.25, -0.2) is 4.79 Å². The lowest BCUT2D eigenvalue weighted by molar-refractivity contribution is 0.0906. The molecule has 0 saturated carbocycles. The van der Waals surface area contributed by atoms with Crippen molar-refractivity contribution >= 4 is 34.1 Å². The summed E-state index contributed by atoms with van der Waals surface area (Å²) in [6.07, 6.45) is -1.09. The Labute approximate surface area is 152 Å². The van der Waals surface area contributed by atoms with Crippen molar-refractivity contribution in [2.75, 3.05) is 6.61 Å². The minimum atomic E-state index is -1.09. The van der Waals surface area contributed by atoms with Crippen LogP contribution in [0.25, 0.3) is 10.9 Å². The number of benzene rings is 2. The summed E-state index contributed by atoms with van der Waals surface area (Å²) in [5.74, 6) is 0.313.